The second-order valence-corrected chi connectivity index (χ2v) is 4.47. The van der Waals surface area contributed by atoms with Gasteiger partial charge in [-0.15, -0.1) is 0 Å². The summed E-state index contributed by atoms with van der Waals surface area (Å²) in [5, 5.41) is 12.0. The maximum Gasteiger partial charge on any atom is 0.144 e. The molecule has 0 aliphatic rings. The third-order valence-corrected chi connectivity index (χ3v) is 2.92. The van der Waals surface area contributed by atoms with E-state index >= 15 is 0 Å². The lowest BCUT2D eigenvalue weighted by Gasteiger charge is -2.14. The zero-order valence-electron chi connectivity index (χ0n) is 11.7. The fraction of sp³-hybridized carbons (Fsp3) is 0.188. The van der Waals surface area contributed by atoms with Crippen LogP contribution >= 0.6 is 0 Å². The van der Waals surface area contributed by atoms with Gasteiger partial charge < -0.3 is 15.8 Å². The van der Waals surface area contributed by atoms with Crippen LogP contribution in [-0.2, 0) is 0 Å². The number of nitrogen functional groups attached to an aromatic ring is 1. The van der Waals surface area contributed by atoms with Crippen molar-refractivity contribution in [1.29, 1.82) is 5.26 Å². The molecular formula is C16H16FN3O. The number of benzene rings is 2. The number of hydrogen-bond acceptors (Lipinski definition) is 4. The standard InChI is InChI=1S/C16H16FN3O/c1-2-9-21-15-8-4-7-14(16(15)19)20-13-6-3-5-12(17)11(13)10-18/h3-8,20H,2,9,19H2,1H3. The molecule has 4 nitrogen and oxygen atoms in total. The molecule has 0 saturated carbocycles. The molecule has 0 aliphatic carbocycles. The number of nitriles is 1. The van der Waals surface area contributed by atoms with Crippen LogP contribution in [0.5, 0.6) is 5.75 Å². The van der Waals surface area contributed by atoms with Crippen LogP contribution in [0.25, 0.3) is 0 Å². The number of hydrogen-bond donors (Lipinski definition) is 2. The number of anilines is 3. The molecule has 0 bridgehead atoms. The van der Waals surface area contributed by atoms with Gasteiger partial charge in [-0.25, -0.2) is 4.39 Å². The van der Waals surface area contributed by atoms with E-state index in [-0.39, 0.29) is 5.56 Å². The molecule has 2 aromatic rings. The first-order valence-electron chi connectivity index (χ1n) is 6.64. The molecule has 0 heterocycles. The summed E-state index contributed by atoms with van der Waals surface area (Å²) in [6.45, 7) is 2.57. The predicted molar refractivity (Wildman–Crippen MR) is 81.0 cm³/mol. The number of halogens is 1. The highest BCUT2D eigenvalue weighted by molar-refractivity contribution is 5.79. The molecule has 2 aromatic carbocycles. The molecule has 0 spiro atoms. The summed E-state index contributed by atoms with van der Waals surface area (Å²) in [7, 11) is 0. The van der Waals surface area contributed by atoms with Crippen molar-refractivity contribution in [3.63, 3.8) is 0 Å². The maximum atomic E-state index is 13.6. The Kier molecular flexibility index (Phi) is 4.62. The van der Waals surface area contributed by atoms with Gasteiger partial charge in [0.15, 0.2) is 0 Å². The van der Waals surface area contributed by atoms with Crippen molar-refractivity contribution in [2.24, 2.45) is 0 Å². The van der Waals surface area contributed by atoms with Gasteiger partial charge in [-0.3, -0.25) is 0 Å². The number of ether oxygens (including phenoxy) is 1. The number of nitrogens with one attached hydrogen (secondary N) is 1. The molecule has 21 heavy (non-hydrogen) atoms. The first-order valence-corrected chi connectivity index (χ1v) is 6.64. The Bertz CT molecular complexity index is 680. The molecule has 0 radical (unpaired) electrons. The van der Waals surface area contributed by atoms with Crippen LogP contribution in [0.4, 0.5) is 21.5 Å². The predicted octanol–water partition coefficient (Wildman–Crippen LogP) is 3.81. The summed E-state index contributed by atoms with van der Waals surface area (Å²) in [6, 6.07) is 11.6. The van der Waals surface area contributed by atoms with E-state index in [0.29, 0.717) is 29.4 Å². The fourth-order valence-corrected chi connectivity index (χ4v) is 1.88. The third-order valence-electron chi connectivity index (χ3n) is 2.92. The summed E-state index contributed by atoms with van der Waals surface area (Å²) in [6.07, 6.45) is 0.875. The van der Waals surface area contributed by atoms with Gasteiger partial charge in [0.05, 0.1) is 23.7 Å². The van der Waals surface area contributed by atoms with Crippen LogP contribution in [0.2, 0.25) is 0 Å². The van der Waals surface area contributed by atoms with Gasteiger partial charge in [-0.05, 0) is 30.7 Å². The first-order chi connectivity index (χ1) is 10.2. The smallest absolute Gasteiger partial charge is 0.144 e. The van der Waals surface area contributed by atoms with E-state index in [4.69, 9.17) is 15.7 Å². The molecule has 2 rings (SSSR count). The van der Waals surface area contributed by atoms with Crippen molar-refractivity contribution >= 4 is 17.1 Å². The Balaban J connectivity index is 2.33. The van der Waals surface area contributed by atoms with Gasteiger partial charge >= 0.3 is 0 Å². The van der Waals surface area contributed by atoms with E-state index in [9.17, 15) is 4.39 Å². The van der Waals surface area contributed by atoms with Crippen LogP contribution in [0.15, 0.2) is 36.4 Å². The fourth-order valence-electron chi connectivity index (χ4n) is 1.88. The highest BCUT2D eigenvalue weighted by atomic mass is 19.1. The van der Waals surface area contributed by atoms with Gasteiger partial charge in [-0.1, -0.05) is 19.1 Å². The summed E-state index contributed by atoms with van der Waals surface area (Å²) in [5.41, 5.74) is 7.37. The number of para-hydroxylation sites is 1. The number of nitrogens with zero attached hydrogens (tertiary/aromatic N) is 1. The molecule has 108 valence electrons. The SMILES string of the molecule is CCCOc1cccc(Nc2cccc(F)c2C#N)c1N. The zero-order chi connectivity index (χ0) is 15.2. The van der Waals surface area contributed by atoms with Crippen molar-refractivity contribution in [2.75, 3.05) is 17.7 Å². The van der Waals surface area contributed by atoms with E-state index in [1.807, 2.05) is 13.0 Å². The van der Waals surface area contributed by atoms with E-state index in [0.717, 1.165) is 6.42 Å². The van der Waals surface area contributed by atoms with Crippen LogP contribution < -0.4 is 15.8 Å². The van der Waals surface area contributed by atoms with Gasteiger partial charge in [-0.2, -0.15) is 5.26 Å². The third kappa shape index (κ3) is 3.23. The Morgan fingerprint density at radius 1 is 1.24 bits per heavy atom. The highest BCUT2D eigenvalue weighted by Crippen LogP contribution is 2.32. The molecule has 0 fully saturated rings. The van der Waals surface area contributed by atoms with Crippen molar-refractivity contribution in [2.45, 2.75) is 13.3 Å². The normalized spacial score (nSPS) is 9.95. The number of nitrogens with two attached hydrogens (primary N) is 1. The van der Waals surface area contributed by atoms with E-state index in [1.54, 1.807) is 24.3 Å². The highest BCUT2D eigenvalue weighted by Gasteiger charge is 2.11. The summed E-state index contributed by atoms with van der Waals surface area (Å²) >= 11 is 0. The molecule has 0 unspecified atom stereocenters. The lowest BCUT2D eigenvalue weighted by Crippen LogP contribution is -2.03. The average molecular weight is 285 g/mol. The van der Waals surface area contributed by atoms with Crippen LogP contribution in [0.3, 0.4) is 0 Å². The second kappa shape index (κ2) is 6.62. The molecule has 0 atom stereocenters. The maximum absolute atomic E-state index is 13.6. The monoisotopic (exact) mass is 285 g/mol. The van der Waals surface area contributed by atoms with Crippen LogP contribution in [-0.4, -0.2) is 6.61 Å². The molecule has 0 amide bonds. The lowest BCUT2D eigenvalue weighted by molar-refractivity contribution is 0.319. The van der Waals surface area contributed by atoms with Gasteiger partial charge in [0.2, 0.25) is 0 Å². The minimum absolute atomic E-state index is 0.0446. The molecular weight excluding hydrogens is 269 g/mol. The largest absolute Gasteiger partial charge is 0.491 e. The Labute approximate surface area is 123 Å². The van der Waals surface area contributed by atoms with Crippen molar-refractivity contribution in [3.05, 3.63) is 47.8 Å². The van der Waals surface area contributed by atoms with E-state index in [2.05, 4.69) is 5.32 Å². The van der Waals surface area contributed by atoms with E-state index in [1.165, 1.54) is 12.1 Å². The first kappa shape index (κ1) is 14.7. The Morgan fingerprint density at radius 2 is 1.95 bits per heavy atom. The molecule has 0 saturated heterocycles. The van der Waals surface area contributed by atoms with Crippen molar-refractivity contribution in [1.82, 2.24) is 0 Å². The Morgan fingerprint density at radius 3 is 2.67 bits per heavy atom. The zero-order valence-corrected chi connectivity index (χ0v) is 11.7. The average Bonchev–Trinajstić information content (AvgIpc) is 2.48. The Hall–Kier alpha value is -2.74. The van der Waals surface area contributed by atoms with Gasteiger partial charge in [0.1, 0.15) is 23.2 Å². The van der Waals surface area contributed by atoms with Crippen LogP contribution in [0.1, 0.15) is 18.9 Å². The molecule has 5 heteroatoms. The minimum atomic E-state index is -0.570. The summed E-state index contributed by atoms with van der Waals surface area (Å²) < 4.78 is 19.1. The summed E-state index contributed by atoms with van der Waals surface area (Å²) in [5.74, 6) is -0.00350. The lowest BCUT2D eigenvalue weighted by atomic mass is 10.1. The summed E-state index contributed by atoms with van der Waals surface area (Å²) in [4.78, 5) is 0. The molecule has 0 aromatic heterocycles. The van der Waals surface area contributed by atoms with Gasteiger partial charge in [0, 0.05) is 0 Å². The van der Waals surface area contributed by atoms with Crippen LogP contribution in [0, 0.1) is 17.1 Å². The van der Waals surface area contributed by atoms with Gasteiger partial charge in [0.25, 0.3) is 0 Å². The van der Waals surface area contributed by atoms with E-state index < -0.39 is 5.82 Å². The minimum Gasteiger partial charge on any atom is -0.491 e. The molecule has 0 aliphatic heterocycles. The second-order valence-electron chi connectivity index (χ2n) is 4.47. The van der Waals surface area contributed by atoms with Crippen molar-refractivity contribution < 1.29 is 9.13 Å². The topological polar surface area (TPSA) is 71.1 Å². The number of rotatable bonds is 5. The van der Waals surface area contributed by atoms with Crippen molar-refractivity contribution in [3.8, 4) is 11.8 Å². The quantitative estimate of drug-likeness (QED) is 0.819. The molecule has 3 N–H and O–H groups in total.